The highest BCUT2D eigenvalue weighted by atomic mass is 32.1. The van der Waals surface area contributed by atoms with E-state index in [1.54, 1.807) is 42.8 Å². The first-order valence-corrected chi connectivity index (χ1v) is 10.6. The molecule has 0 radical (unpaired) electrons. The summed E-state index contributed by atoms with van der Waals surface area (Å²) in [6.45, 7) is 4.39. The predicted molar refractivity (Wildman–Crippen MR) is 116 cm³/mol. The van der Waals surface area contributed by atoms with E-state index >= 15 is 0 Å². The molecule has 0 saturated heterocycles. The molecule has 30 heavy (non-hydrogen) atoms. The Morgan fingerprint density at radius 1 is 1.17 bits per heavy atom. The van der Waals surface area contributed by atoms with Crippen LogP contribution < -0.4 is 16.0 Å². The van der Waals surface area contributed by atoms with Crippen LogP contribution in [-0.4, -0.2) is 31.6 Å². The van der Waals surface area contributed by atoms with Gasteiger partial charge in [0.15, 0.2) is 5.78 Å². The summed E-state index contributed by atoms with van der Waals surface area (Å²) in [5.41, 5.74) is 0.381. The lowest BCUT2D eigenvalue weighted by atomic mass is 10.1. The van der Waals surface area contributed by atoms with Crippen LogP contribution in [0.5, 0.6) is 5.75 Å². The minimum Gasteiger partial charge on any atom is -0.497 e. The van der Waals surface area contributed by atoms with Gasteiger partial charge in [-0.25, -0.2) is 13.9 Å². The molecule has 0 bridgehead atoms. The van der Waals surface area contributed by atoms with E-state index in [2.05, 4.69) is 18.9 Å². The summed E-state index contributed by atoms with van der Waals surface area (Å²) in [7, 11) is 1.55. The van der Waals surface area contributed by atoms with E-state index in [-0.39, 0.29) is 23.7 Å². The van der Waals surface area contributed by atoms with E-state index in [0.29, 0.717) is 34.0 Å². The number of rotatable bonds is 7. The Morgan fingerprint density at radius 2 is 1.90 bits per heavy atom. The number of hydrogen-bond acceptors (Lipinski definition) is 6. The number of benzene rings is 1. The van der Waals surface area contributed by atoms with Crippen molar-refractivity contribution in [1.82, 2.24) is 18.7 Å². The summed E-state index contributed by atoms with van der Waals surface area (Å²) in [4.78, 5) is 38.8. The van der Waals surface area contributed by atoms with Crippen LogP contribution in [0.15, 0.2) is 45.3 Å². The number of hydrogen-bond donors (Lipinski definition) is 0. The molecule has 0 unspecified atom stereocenters. The van der Waals surface area contributed by atoms with Crippen LogP contribution in [0.2, 0.25) is 0 Å². The number of ether oxygens (including phenoxy) is 1. The van der Waals surface area contributed by atoms with Crippen molar-refractivity contribution in [1.29, 1.82) is 0 Å². The molecule has 156 valence electrons. The van der Waals surface area contributed by atoms with Crippen LogP contribution in [0.3, 0.4) is 0 Å². The molecule has 0 aliphatic heterocycles. The SMILES string of the molecule is COc1ccc(C(=O)Cn2nc3n(CCC(C)C)c(=O)c4sccc4n3c2=O)cc1. The first-order chi connectivity index (χ1) is 14.4. The molecule has 3 aromatic heterocycles. The van der Waals surface area contributed by atoms with E-state index in [9.17, 15) is 14.4 Å². The topological polar surface area (TPSA) is 87.6 Å². The lowest BCUT2D eigenvalue weighted by Gasteiger charge is -2.09. The Hall–Kier alpha value is -3.20. The number of ketones is 1. The van der Waals surface area contributed by atoms with Crippen molar-refractivity contribution < 1.29 is 9.53 Å². The molecule has 3 heterocycles. The lowest BCUT2D eigenvalue weighted by Crippen LogP contribution is -2.27. The molecule has 0 aliphatic rings. The third-order valence-corrected chi connectivity index (χ3v) is 5.92. The fraction of sp³-hybridized carbons (Fsp3) is 0.333. The van der Waals surface area contributed by atoms with Crippen molar-refractivity contribution in [2.45, 2.75) is 33.4 Å². The number of Topliss-reactive ketones (excluding diaryl/α,β-unsaturated/α-hetero) is 1. The quantitative estimate of drug-likeness (QED) is 0.424. The second-order valence-electron chi connectivity index (χ2n) is 7.50. The largest absolute Gasteiger partial charge is 0.497 e. The van der Waals surface area contributed by atoms with Crippen molar-refractivity contribution >= 4 is 33.1 Å². The minimum absolute atomic E-state index is 0.160. The van der Waals surface area contributed by atoms with Gasteiger partial charge in [0.25, 0.3) is 5.56 Å². The van der Waals surface area contributed by atoms with Gasteiger partial charge < -0.3 is 4.74 Å². The fourth-order valence-electron chi connectivity index (χ4n) is 3.33. The normalized spacial score (nSPS) is 11.6. The molecular formula is C21H22N4O4S. The van der Waals surface area contributed by atoms with Crippen molar-refractivity contribution in [2.75, 3.05) is 7.11 Å². The molecule has 4 aromatic rings. The second kappa shape index (κ2) is 7.91. The Kier molecular flexibility index (Phi) is 5.29. The van der Waals surface area contributed by atoms with Crippen LogP contribution in [0.25, 0.3) is 16.0 Å². The fourth-order valence-corrected chi connectivity index (χ4v) is 4.15. The Balaban J connectivity index is 1.80. The van der Waals surface area contributed by atoms with Crippen LogP contribution in [0, 0.1) is 5.92 Å². The summed E-state index contributed by atoms with van der Waals surface area (Å²) in [6.07, 6.45) is 0.776. The van der Waals surface area contributed by atoms with Crippen molar-refractivity contribution in [3.63, 3.8) is 0 Å². The lowest BCUT2D eigenvalue weighted by molar-refractivity contribution is 0.0966. The highest BCUT2D eigenvalue weighted by Crippen LogP contribution is 2.18. The summed E-state index contributed by atoms with van der Waals surface area (Å²) >= 11 is 1.30. The predicted octanol–water partition coefficient (Wildman–Crippen LogP) is 2.81. The standard InChI is InChI=1S/C21H22N4O4S/c1-13(2)8-10-23-19(27)18-16(9-11-30-18)25-20(23)22-24(21(25)28)12-17(26)14-4-6-15(29-3)7-5-14/h4-7,9,11,13H,8,10,12H2,1-3H3. The van der Waals surface area contributed by atoms with E-state index < -0.39 is 5.69 Å². The van der Waals surface area contributed by atoms with Crippen molar-refractivity contribution in [3.8, 4) is 5.75 Å². The van der Waals surface area contributed by atoms with Gasteiger partial charge in [0, 0.05) is 12.1 Å². The highest BCUT2D eigenvalue weighted by molar-refractivity contribution is 7.17. The van der Waals surface area contributed by atoms with Gasteiger partial charge in [-0.05, 0) is 48.1 Å². The van der Waals surface area contributed by atoms with Gasteiger partial charge in [-0.1, -0.05) is 13.8 Å². The maximum Gasteiger partial charge on any atom is 0.352 e. The number of thiophene rings is 1. The van der Waals surface area contributed by atoms with Crippen LogP contribution in [-0.2, 0) is 13.1 Å². The smallest absolute Gasteiger partial charge is 0.352 e. The van der Waals surface area contributed by atoms with Crippen molar-refractivity contribution in [2.24, 2.45) is 5.92 Å². The van der Waals surface area contributed by atoms with Gasteiger partial charge in [-0.15, -0.1) is 16.4 Å². The van der Waals surface area contributed by atoms with Gasteiger partial charge in [-0.3, -0.25) is 14.2 Å². The zero-order chi connectivity index (χ0) is 21.4. The van der Waals surface area contributed by atoms with E-state index in [4.69, 9.17) is 4.74 Å². The molecule has 1 aromatic carbocycles. The minimum atomic E-state index is -0.437. The van der Waals surface area contributed by atoms with Gasteiger partial charge in [-0.2, -0.15) is 0 Å². The first-order valence-electron chi connectivity index (χ1n) is 9.67. The number of carbonyl (C=O) groups is 1. The molecule has 9 heteroatoms. The number of methoxy groups -OCH3 is 1. The summed E-state index contributed by atoms with van der Waals surface area (Å²) in [5, 5.41) is 6.15. The third-order valence-electron chi connectivity index (χ3n) is 5.02. The number of aromatic nitrogens is 4. The Labute approximate surface area is 175 Å². The molecule has 0 saturated carbocycles. The van der Waals surface area contributed by atoms with Crippen molar-refractivity contribution in [3.05, 3.63) is 62.1 Å². The molecular weight excluding hydrogens is 404 g/mol. The maximum absolute atomic E-state index is 13.1. The monoisotopic (exact) mass is 426 g/mol. The number of fused-ring (bicyclic) bond motifs is 3. The first kappa shape index (κ1) is 20.1. The molecule has 0 N–H and O–H groups in total. The van der Waals surface area contributed by atoms with E-state index in [1.165, 1.54) is 20.3 Å². The van der Waals surface area contributed by atoms with Crippen LogP contribution >= 0.6 is 11.3 Å². The molecule has 4 rings (SSSR count). The highest BCUT2D eigenvalue weighted by Gasteiger charge is 2.20. The Morgan fingerprint density at radius 3 is 2.57 bits per heavy atom. The van der Waals surface area contributed by atoms with Gasteiger partial charge in [0.05, 0.1) is 12.6 Å². The summed E-state index contributed by atoms with van der Waals surface area (Å²) < 4.78 is 9.71. The second-order valence-corrected chi connectivity index (χ2v) is 8.42. The molecule has 8 nitrogen and oxygen atoms in total. The average molecular weight is 426 g/mol. The van der Waals surface area contributed by atoms with Gasteiger partial charge >= 0.3 is 5.69 Å². The Bertz CT molecular complexity index is 1340. The summed E-state index contributed by atoms with van der Waals surface area (Å²) in [5.74, 6) is 1.05. The average Bonchev–Trinajstić information content (AvgIpc) is 3.33. The summed E-state index contributed by atoms with van der Waals surface area (Å²) in [6, 6.07) is 8.42. The number of nitrogens with zero attached hydrogens (tertiary/aromatic N) is 4. The van der Waals surface area contributed by atoms with Gasteiger partial charge in [0.1, 0.15) is 17.0 Å². The molecule has 0 fully saturated rings. The zero-order valence-electron chi connectivity index (χ0n) is 17.0. The van der Waals surface area contributed by atoms with E-state index in [0.717, 1.165) is 11.1 Å². The number of carbonyl (C=O) groups excluding carboxylic acids is 1. The maximum atomic E-state index is 13.1. The van der Waals surface area contributed by atoms with Gasteiger partial charge in [0.2, 0.25) is 5.78 Å². The molecule has 0 aliphatic carbocycles. The number of aryl methyl sites for hydroxylation is 1. The zero-order valence-corrected chi connectivity index (χ0v) is 17.8. The third kappa shape index (κ3) is 3.45. The molecule has 0 spiro atoms. The van der Waals surface area contributed by atoms with Crippen LogP contribution in [0.1, 0.15) is 30.6 Å². The van der Waals surface area contributed by atoms with E-state index in [1.807, 2.05) is 0 Å². The molecule has 0 atom stereocenters. The molecule has 0 amide bonds. The van der Waals surface area contributed by atoms with Crippen LogP contribution in [0.4, 0.5) is 0 Å².